The van der Waals surface area contributed by atoms with Crippen LogP contribution < -0.4 is 0 Å². The summed E-state index contributed by atoms with van der Waals surface area (Å²) >= 11 is 0. The molecule has 8 fully saturated rings. The van der Waals surface area contributed by atoms with Crippen LogP contribution in [-0.2, 0) is 33.1 Å². The van der Waals surface area contributed by atoms with Crippen LogP contribution in [0.5, 0.6) is 0 Å². The van der Waals surface area contributed by atoms with E-state index in [9.17, 15) is 0 Å². The summed E-state index contributed by atoms with van der Waals surface area (Å²) in [7, 11) is 0. The Balaban J connectivity index is 1.00. The van der Waals surface area contributed by atoms with Crippen LogP contribution in [0.1, 0.15) is 140 Å². The topological polar surface area (TPSA) is 43.2 Å². The highest BCUT2D eigenvalue weighted by Crippen LogP contribution is 2.62. The van der Waals surface area contributed by atoms with E-state index >= 15 is 0 Å². The van der Waals surface area contributed by atoms with E-state index in [1.165, 1.54) is 88.2 Å². The van der Waals surface area contributed by atoms with E-state index in [2.05, 4.69) is 76.2 Å². The van der Waals surface area contributed by atoms with Crippen LogP contribution >= 0.6 is 0 Å². The number of aliphatic imine (C=N–C) groups is 2. The standard InChI is InChI=1S/C49H66N2O2/c1-31(2)13-43-29-52-45(50-43)49(46-51-44(30-53-46)14-32(3)4,27-33-5-9-41(10-6-33)47-21-35-15-36(22-47)17-37(16-35)23-47)28-34-7-11-42(12-8-34)48-24-38-18-39(25-48)20-40(19-38)26-48/h5-12,31-32,35-40,43-44H,13-30H2,1-4H3/t35?,36?,37?,38?,39?,40?,43-,44-,47?,48?/m0/s1. The molecule has 2 atom stereocenters. The Kier molecular flexibility index (Phi) is 8.71. The number of ether oxygens (including phenoxy) is 2. The van der Waals surface area contributed by atoms with Gasteiger partial charge < -0.3 is 9.47 Å². The molecule has 8 aliphatic carbocycles. The van der Waals surface area contributed by atoms with E-state index in [1.54, 1.807) is 11.1 Å². The summed E-state index contributed by atoms with van der Waals surface area (Å²) in [6.07, 6.45) is 21.1. The van der Waals surface area contributed by atoms with Crippen molar-refractivity contribution in [1.29, 1.82) is 0 Å². The number of rotatable bonds is 12. The second-order valence-corrected chi connectivity index (χ2v) is 21.3. The first-order chi connectivity index (χ1) is 25.6. The maximum atomic E-state index is 6.77. The maximum Gasteiger partial charge on any atom is 0.200 e. The molecule has 2 aromatic rings. The second kappa shape index (κ2) is 13.3. The minimum atomic E-state index is -0.568. The van der Waals surface area contributed by atoms with Crippen molar-refractivity contribution in [3.8, 4) is 0 Å². The lowest BCUT2D eigenvalue weighted by Crippen LogP contribution is -2.48. The third-order valence-electron chi connectivity index (χ3n) is 16.0. The highest BCUT2D eigenvalue weighted by Gasteiger charge is 2.54. The molecule has 284 valence electrons. The molecule has 2 aliphatic heterocycles. The van der Waals surface area contributed by atoms with Gasteiger partial charge in [0.15, 0.2) is 11.8 Å². The first-order valence-electron chi connectivity index (χ1n) is 22.2. The van der Waals surface area contributed by atoms with Crippen molar-refractivity contribution >= 4 is 11.8 Å². The van der Waals surface area contributed by atoms with E-state index < -0.39 is 5.41 Å². The Labute approximate surface area is 320 Å². The minimum absolute atomic E-state index is 0.190. The van der Waals surface area contributed by atoms with Gasteiger partial charge in [0, 0.05) is 0 Å². The molecule has 0 spiro atoms. The SMILES string of the molecule is CC(C)C[C@H]1COC(C(Cc2ccc(C34CC5CC(CC(C5)C3)C4)cc2)(Cc2ccc(C34CC5CC(CC(C5)C3)C4)cc2)C2=N[C@@H](CC(C)C)CO2)=N1. The quantitative estimate of drug-likeness (QED) is 0.220. The summed E-state index contributed by atoms with van der Waals surface area (Å²) < 4.78 is 13.5. The molecule has 2 aromatic carbocycles. The number of hydrogen-bond donors (Lipinski definition) is 0. The second-order valence-electron chi connectivity index (χ2n) is 21.3. The first-order valence-corrected chi connectivity index (χ1v) is 22.2. The van der Waals surface area contributed by atoms with Crippen molar-refractivity contribution in [2.45, 2.75) is 153 Å². The van der Waals surface area contributed by atoms with Gasteiger partial charge in [0.2, 0.25) is 0 Å². The van der Waals surface area contributed by atoms with Gasteiger partial charge >= 0.3 is 0 Å². The Bertz CT molecular complexity index is 1520. The fourth-order valence-electron chi connectivity index (χ4n) is 14.7. The van der Waals surface area contributed by atoms with E-state index in [1.807, 2.05) is 0 Å². The van der Waals surface area contributed by atoms with Crippen molar-refractivity contribution in [3.05, 3.63) is 70.8 Å². The lowest BCUT2D eigenvalue weighted by atomic mass is 9.48. The van der Waals surface area contributed by atoms with Crippen LogP contribution in [0.2, 0.25) is 0 Å². The highest BCUT2D eigenvalue weighted by atomic mass is 16.5. The smallest absolute Gasteiger partial charge is 0.200 e. The molecule has 0 radical (unpaired) electrons. The molecule has 0 amide bonds. The normalized spacial score (nSPS) is 38.1. The van der Waals surface area contributed by atoms with Gasteiger partial charge in [0.25, 0.3) is 0 Å². The van der Waals surface area contributed by atoms with Crippen LogP contribution in [0.4, 0.5) is 0 Å². The zero-order valence-electron chi connectivity index (χ0n) is 33.3. The molecular weight excluding hydrogens is 649 g/mol. The van der Waals surface area contributed by atoms with Crippen molar-refractivity contribution in [3.63, 3.8) is 0 Å². The Hall–Kier alpha value is -2.62. The summed E-state index contributed by atoms with van der Waals surface area (Å²) in [6, 6.07) is 20.3. The third-order valence-corrected chi connectivity index (χ3v) is 16.0. The van der Waals surface area contributed by atoms with Crippen LogP contribution in [0.25, 0.3) is 0 Å². The minimum Gasteiger partial charge on any atom is -0.478 e. The van der Waals surface area contributed by atoms with Crippen LogP contribution in [0.15, 0.2) is 58.5 Å². The average molecular weight is 715 g/mol. The van der Waals surface area contributed by atoms with Gasteiger partial charge in [-0.25, -0.2) is 9.98 Å². The summed E-state index contributed by atoms with van der Waals surface area (Å²) in [5.74, 6) is 8.60. The largest absolute Gasteiger partial charge is 0.478 e. The molecule has 4 heteroatoms. The van der Waals surface area contributed by atoms with Crippen molar-refractivity contribution in [2.24, 2.45) is 62.7 Å². The molecule has 0 aromatic heterocycles. The molecule has 12 rings (SSSR count). The van der Waals surface area contributed by atoms with Crippen LogP contribution in [-0.4, -0.2) is 37.1 Å². The molecular formula is C49H66N2O2. The molecule has 4 nitrogen and oxygen atoms in total. The molecule has 2 heterocycles. The predicted octanol–water partition coefficient (Wildman–Crippen LogP) is 11.1. The summed E-state index contributed by atoms with van der Waals surface area (Å²) in [5, 5.41) is 0. The Morgan fingerprint density at radius 2 is 0.849 bits per heavy atom. The highest BCUT2D eigenvalue weighted by molar-refractivity contribution is 6.07. The Morgan fingerprint density at radius 1 is 0.528 bits per heavy atom. The van der Waals surface area contributed by atoms with Gasteiger partial charge in [-0.3, -0.25) is 0 Å². The zero-order valence-corrected chi connectivity index (χ0v) is 33.3. The summed E-state index contributed by atoms with van der Waals surface area (Å²) in [5.41, 5.74) is 6.15. The van der Waals surface area contributed by atoms with Gasteiger partial charge in [-0.15, -0.1) is 0 Å². The summed E-state index contributed by atoms with van der Waals surface area (Å²) in [6.45, 7) is 10.5. The lowest BCUT2D eigenvalue weighted by Gasteiger charge is -2.57. The van der Waals surface area contributed by atoms with E-state index in [0.29, 0.717) is 35.9 Å². The average Bonchev–Trinajstić information content (AvgIpc) is 3.77. The monoisotopic (exact) mass is 715 g/mol. The first kappa shape index (κ1) is 34.8. The molecule has 8 bridgehead atoms. The van der Waals surface area contributed by atoms with Crippen molar-refractivity contribution in [1.82, 2.24) is 0 Å². The number of benzene rings is 2. The summed E-state index contributed by atoms with van der Waals surface area (Å²) in [4.78, 5) is 10.9. The fourth-order valence-corrected chi connectivity index (χ4v) is 14.7. The number of nitrogens with zero attached hydrogens (tertiary/aromatic N) is 2. The predicted molar refractivity (Wildman–Crippen MR) is 216 cm³/mol. The van der Waals surface area contributed by atoms with Crippen LogP contribution in [0.3, 0.4) is 0 Å². The number of hydrogen-bond acceptors (Lipinski definition) is 4. The van der Waals surface area contributed by atoms with Crippen molar-refractivity contribution < 1.29 is 9.47 Å². The van der Waals surface area contributed by atoms with E-state index in [-0.39, 0.29) is 12.1 Å². The van der Waals surface area contributed by atoms with Crippen LogP contribution in [0, 0.1) is 52.8 Å². The molecule has 8 saturated carbocycles. The fraction of sp³-hybridized carbons (Fsp3) is 0.714. The maximum absolute atomic E-state index is 6.77. The molecule has 0 N–H and O–H groups in total. The van der Waals surface area contributed by atoms with E-state index in [0.717, 1.165) is 73.0 Å². The third kappa shape index (κ3) is 6.42. The van der Waals surface area contributed by atoms with Crippen molar-refractivity contribution in [2.75, 3.05) is 13.2 Å². The molecule has 0 saturated heterocycles. The van der Waals surface area contributed by atoms with Gasteiger partial charge in [0.05, 0.1) is 12.1 Å². The lowest BCUT2D eigenvalue weighted by molar-refractivity contribution is -0.00531. The molecule has 0 unspecified atom stereocenters. The zero-order chi connectivity index (χ0) is 36.0. The molecule has 53 heavy (non-hydrogen) atoms. The van der Waals surface area contributed by atoms with Gasteiger partial charge in [-0.2, -0.15) is 0 Å². The van der Waals surface area contributed by atoms with E-state index in [4.69, 9.17) is 19.5 Å². The van der Waals surface area contributed by atoms with Gasteiger partial charge in [0.1, 0.15) is 18.6 Å². The Morgan fingerprint density at radius 3 is 1.15 bits per heavy atom. The van der Waals surface area contributed by atoms with Gasteiger partial charge in [-0.05, 0) is 183 Å². The molecule has 10 aliphatic rings. The van der Waals surface area contributed by atoms with Gasteiger partial charge in [-0.1, -0.05) is 76.2 Å².